The number of nitrogens with one attached hydrogen (secondary N) is 4. The van der Waals surface area contributed by atoms with Gasteiger partial charge in [0.2, 0.25) is 0 Å². The van der Waals surface area contributed by atoms with Crippen LogP contribution in [-0.4, -0.2) is 34.1 Å². The van der Waals surface area contributed by atoms with E-state index in [2.05, 4.69) is 30.9 Å². The summed E-state index contributed by atoms with van der Waals surface area (Å²) in [6.07, 6.45) is -7.14. The maximum absolute atomic E-state index is 12.9. The molecule has 1 aromatic carbocycles. The summed E-state index contributed by atoms with van der Waals surface area (Å²) in [5, 5.41) is 10.2. The molecule has 0 atom stereocenters. The maximum Gasteiger partial charge on any atom is 0.416 e. The van der Waals surface area contributed by atoms with Crippen molar-refractivity contribution in [2.75, 3.05) is 29.0 Å². The number of amides is 2. The van der Waals surface area contributed by atoms with Gasteiger partial charge >= 0.3 is 18.4 Å². The molecule has 0 aliphatic heterocycles. The largest absolute Gasteiger partial charge is 0.416 e. The first-order valence-corrected chi connectivity index (χ1v) is 9.59. The Hall–Kier alpha value is -4.10. The van der Waals surface area contributed by atoms with Gasteiger partial charge in [-0.2, -0.15) is 26.3 Å². The standard InChI is InChI=1S/C20H17F6N7O/c21-19(22,23)12-7-13(20(24,25)26)9-14(8-12)32-18(34)29-6-5-28-16-10-17(31-11-30-16)33-15-3-1-2-4-27-15/h1-4,7-11H,5-6H2,(H2,29,32,34)(H2,27,28,30,31,33). The van der Waals surface area contributed by atoms with E-state index in [-0.39, 0.29) is 19.2 Å². The summed E-state index contributed by atoms with van der Waals surface area (Å²) in [6, 6.07) is 6.70. The monoisotopic (exact) mass is 485 g/mol. The molecular weight excluding hydrogens is 468 g/mol. The van der Waals surface area contributed by atoms with E-state index < -0.39 is 35.2 Å². The van der Waals surface area contributed by atoms with E-state index in [9.17, 15) is 31.1 Å². The Labute approximate surface area is 188 Å². The summed E-state index contributed by atoms with van der Waals surface area (Å²) in [5.41, 5.74) is -3.70. The van der Waals surface area contributed by atoms with Crippen LogP contribution >= 0.6 is 0 Å². The molecule has 2 amide bonds. The summed E-state index contributed by atoms with van der Waals surface area (Å²) in [7, 11) is 0. The number of carbonyl (C=O) groups excluding carboxylic acids is 1. The highest BCUT2D eigenvalue weighted by Gasteiger charge is 2.37. The zero-order valence-corrected chi connectivity index (χ0v) is 17.1. The predicted octanol–water partition coefficient (Wildman–Crippen LogP) is 4.89. The normalized spacial score (nSPS) is 11.6. The Kier molecular flexibility index (Phi) is 7.38. The Morgan fingerprint density at radius 2 is 1.47 bits per heavy atom. The molecule has 3 aromatic rings. The van der Waals surface area contributed by atoms with Gasteiger partial charge in [-0.25, -0.2) is 19.7 Å². The molecule has 180 valence electrons. The Morgan fingerprint density at radius 1 is 0.794 bits per heavy atom. The van der Waals surface area contributed by atoms with Crippen molar-refractivity contribution in [3.63, 3.8) is 0 Å². The van der Waals surface area contributed by atoms with Gasteiger partial charge in [0.15, 0.2) is 0 Å². The highest BCUT2D eigenvalue weighted by atomic mass is 19.4. The van der Waals surface area contributed by atoms with Crippen molar-refractivity contribution in [1.82, 2.24) is 20.3 Å². The van der Waals surface area contributed by atoms with Crippen LogP contribution in [0.5, 0.6) is 0 Å². The molecule has 0 saturated heterocycles. The fourth-order valence-corrected chi connectivity index (χ4v) is 2.66. The fourth-order valence-electron chi connectivity index (χ4n) is 2.66. The number of nitrogens with zero attached hydrogens (tertiary/aromatic N) is 3. The predicted molar refractivity (Wildman–Crippen MR) is 112 cm³/mol. The summed E-state index contributed by atoms with van der Waals surface area (Å²) in [4.78, 5) is 24.1. The van der Waals surface area contributed by atoms with Gasteiger partial charge in [0, 0.05) is 31.0 Å². The maximum atomic E-state index is 12.9. The second-order valence-corrected chi connectivity index (χ2v) is 6.73. The number of alkyl halides is 6. The van der Waals surface area contributed by atoms with Gasteiger partial charge in [-0.15, -0.1) is 0 Å². The number of halogens is 6. The third-order valence-electron chi connectivity index (χ3n) is 4.15. The van der Waals surface area contributed by atoms with Crippen molar-refractivity contribution in [3.05, 3.63) is 66.1 Å². The van der Waals surface area contributed by atoms with Gasteiger partial charge in [-0.1, -0.05) is 6.07 Å². The molecule has 2 heterocycles. The van der Waals surface area contributed by atoms with Crippen molar-refractivity contribution in [2.24, 2.45) is 0 Å². The van der Waals surface area contributed by atoms with Crippen molar-refractivity contribution >= 4 is 29.2 Å². The molecule has 34 heavy (non-hydrogen) atoms. The minimum Gasteiger partial charge on any atom is -0.368 e. The zero-order valence-electron chi connectivity index (χ0n) is 17.1. The topological polar surface area (TPSA) is 104 Å². The van der Waals surface area contributed by atoms with E-state index in [1.54, 1.807) is 30.5 Å². The molecule has 0 fully saturated rings. The van der Waals surface area contributed by atoms with E-state index in [0.29, 0.717) is 29.6 Å². The van der Waals surface area contributed by atoms with Crippen LogP contribution in [0.1, 0.15) is 11.1 Å². The molecule has 0 spiro atoms. The SMILES string of the molecule is O=C(NCCNc1cc(Nc2ccccn2)ncn1)Nc1cc(C(F)(F)F)cc(C(F)(F)F)c1. The Balaban J connectivity index is 1.53. The summed E-state index contributed by atoms with van der Waals surface area (Å²) < 4.78 is 77.5. The molecule has 3 rings (SSSR count). The number of aromatic nitrogens is 3. The van der Waals surface area contributed by atoms with Crippen LogP contribution < -0.4 is 21.3 Å². The number of carbonyl (C=O) groups is 1. The second-order valence-electron chi connectivity index (χ2n) is 6.73. The molecule has 0 unspecified atom stereocenters. The number of hydrogen-bond acceptors (Lipinski definition) is 6. The van der Waals surface area contributed by atoms with Gasteiger partial charge in [0.05, 0.1) is 11.1 Å². The van der Waals surface area contributed by atoms with Gasteiger partial charge < -0.3 is 21.3 Å². The van der Waals surface area contributed by atoms with Gasteiger partial charge in [-0.05, 0) is 30.3 Å². The Morgan fingerprint density at radius 3 is 2.09 bits per heavy atom. The van der Waals surface area contributed by atoms with Crippen molar-refractivity contribution < 1.29 is 31.1 Å². The molecule has 0 saturated carbocycles. The number of urea groups is 1. The molecule has 0 aliphatic rings. The van der Waals surface area contributed by atoms with E-state index in [0.717, 1.165) is 0 Å². The number of benzene rings is 1. The lowest BCUT2D eigenvalue weighted by Crippen LogP contribution is -2.33. The highest BCUT2D eigenvalue weighted by molar-refractivity contribution is 5.89. The lowest BCUT2D eigenvalue weighted by molar-refractivity contribution is -0.143. The zero-order chi connectivity index (χ0) is 24.8. The highest BCUT2D eigenvalue weighted by Crippen LogP contribution is 2.37. The molecule has 2 aromatic heterocycles. The van der Waals surface area contributed by atoms with Crippen LogP contribution in [0.4, 0.5) is 54.3 Å². The van der Waals surface area contributed by atoms with Crippen molar-refractivity contribution in [2.45, 2.75) is 12.4 Å². The number of anilines is 4. The minimum absolute atomic E-state index is 0.00999. The lowest BCUT2D eigenvalue weighted by atomic mass is 10.1. The third-order valence-corrected chi connectivity index (χ3v) is 4.15. The summed E-state index contributed by atoms with van der Waals surface area (Å²) >= 11 is 0. The average molecular weight is 485 g/mol. The summed E-state index contributed by atoms with van der Waals surface area (Å²) in [5.74, 6) is 1.42. The first-order valence-electron chi connectivity index (χ1n) is 9.59. The van der Waals surface area contributed by atoms with Crippen LogP contribution in [0, 0.1) is 0 Å². The van der Waals surface area contributed by atoms with Gasteiger partial charge in [0.1, 0.15) is 23.8 Å². The van der Waals surface area contributed by atoms with Gasteiger partial charge in [-0.3, -0.25) is 0 Å². The quantitative estimate of drug-likeness (QED) is 0.281. The second kappa shape index (κ2) is 10.2. The van der Waals surface area contributed by atoms with E-state index in [1.165, 1.54) is 6.33 Å². The molecule has 0 aliphatic carbocycles. The first kappa shape index (κ1) is 24.5. The van der Waals surface area contributed by atoms with E-state index in [4.69, 9.17) is 0 Å². The average Bonchev–Trinajstić information content (AvgIpc) is 2.76. The molecule has 0 radical (unpaired) electrons. The fraction of sp³-hybridized carbons (Fsp3) is 0.200. The van der Waals surface area contributed by atoms with Crippen LogP contribution in [0.3, 0.4) is 0 Å². The number of pyridine rings is 1. The van der Waals surface area contributed by atoms with Crippen LogP contribution in [0.2, 0.25) is 0 Å². The number of hydrogen-bond donors (Lipinski definition) is 4. The molecule has 4 N–H and O–H groups in total. The van der Waals surface area contributed by atoms with Gasteiger partial charge in [0.25, 0.3) is 0 Å². The van der Waals surface area contributed by atoms with E-state index in [1.807, 2.05) is 5.32 Å². The smallest absolute Gasteiger partial charge is 0.368 e. The molecule has 8 nitrogen and oxygen atoms in total. The summed E-state index contributed by atoms with van der Waals surface area (Å²) in [6.45, 7) is 0.147. The Bertz CT molecular complexity index is 1090. The molecule has 14 heteroatoms. The minimum atomic E-state index is -5.01. The van der Waals surface area contributed by atoms with Crippen LogP contribution in [0.15, 0.2) is 55.0 Å². The molecule has 0 bridgehead atoms. The number of rotatable bonds is 7. The first-order chi connectivity index (χ1) is 16.0. The van der Waals surface area contributed by atoms with Crippen molar-refractivity contribution in [1.29, 1.82) is 0 Å². The van der Waals surface area contributed by atoms with E-state index >= 15 is 0 Å². The van der Waals surface area contributed by atoms with Crippen LogP contribution in [-0.2, 0) is 12.4 Å². The van der Waals surface area contributed by atoms with Crippen LogP contribution in [0.25, 0.3) is 0 Å². The molecular formula is C20H17F6N7O. The third kappa shape index (κ3) is 7.21. The van der Waals surface area contributed by atoms with Crippen molar-refractivity contribution in [3.8, 4) is 0 Å². The lowest BCUT2D eigenvalue weighted by Gasteiger charge is -2.15.